The van der Waals surface area contributed by atoms with Crippen molar-refractivity contribution < 1.29 is 9.53 Å². The number of carbonyl (C=O) groups is 1. The number of ether oxygens (including phenoxy) is 1. The van der Waals surface area contributed by atoms with Gasteiger partial charge in [-0.05, 0) is 32.8 Å². The van der Waals surface area contributed by atoms with Crippen LogP contribution in [0, 0.1) is 19.8 Å². The lowest BCUT2D eigenvalue weighted by Crippen LogP contribution is -2.63. The number of benzene rings is 1. The molecule has 25 heavy (non-hydrogen) atoms. The Kier molecular flexibility index (Phi) is 5.15. The summed E-state index contributed by atoms with van der Waals surface area (Å²) in [5.41, 5.74) is 2.93. The topological polar surface area (TPSA) is 88.2 Å². The van der Waals surface area contributed by atoms with Crippen LogP contribution in [0.4, 0.5) is 5.95 Å². The van der Waals surface area contributed by atoms with Gasteiger partial charge in [-0.3, -0.25) is 10.1 Å². The number of anilines is 1. The Bertz CT molecular complexity index is 779. The number of aromatic nitrogens is 2. The average Bonchev–Trinajstić information content (AvgIpc) is 2.55. The molecule has 0 spiro atoms. The Labute approximate surface area is 147 Å². The van der Waals surface area contributed by atoms with Gasteiger partial charge in [0.15, 0.2) is 6.29 Å². The van der Waals surface area contributed by atoms with E-state index in [-0.39, 0.29) is 17.9 Å². The van der Waals surface area contributed by atoms with Crippen LogP contribution >= 0.6 is 0 Å². The maximum atomic E-state index is 12.4. The number of amides is 1. The lowest BCUT2D eigenvalue weighted by molar-refractivity contribution is -0.129. The highest BCUT2D eigenvalue weighted by Crippen LogP contribution is 2.21. The number of nitrogens with zero attached hydrogens (tertiary/aromatic N) is 2. The van der Waals surface area contributed by atoms with E-state index in [9.17, 15) is 4.79 Å². The highest BCUT2D eigenvalue weighted by Gasteiger charge is 2.33. The van der Waals surface area contributed by atoms with Gasteiger partial charge in [0, 0.05) is 25.1 Å². The highest BCUT2D eigenvalue weighted by molar-refractivity contribution is 5.84. The molecule has 0 saturated carbocycles. The van der Waals surface area contributed by atoms with Gasteiger partial charge in [0.1, 0.15) is 0 Å². The third-order valence-corrected chi connectivity index (χ3v) is 4.68. The van der Waals surface area contributed by atoms with Gasteiger partial charge in [-0.1, -0.05) is 18.2 Å². The van der Waals surface area contributed by atoms with Crippen LogP contribution in [0.25, 0.3) is 10.9 Å². The molecular formula is C18H25N5O2. The Morgan fingerprint density at radius 1 is 1.28 bits per heavy atom. The fourth-order valence-electron chi connectivity index (χ4n) is 3.24. The first kappa shape index (κ1) is 17.6. The molecule has 1 aromatic carbocycles. The quantitative estimate of drug-likeness (QED) is 0.766. The molecular weight excluding hydrogens is 318 g/mol. The van der Waals surface area contributed by atoms with E-state index < -0.39 is 6.29 Å². The Morgan fingerprint density at radius 3 is 2.80 bits per heavy atom. The summed E-state index contributed by atoms with van der Waals surface area (Å²) < 4.78 is 5.09. The number of carbonyl (C=O) groups excluding carboxylic acids is 1. The van der Waals surface area contributed by atoms with Crippen molar-refractivity contribution in [3.63, 3.8) is 0 Å². The van der Waals surface area contributed by atoms with Crippen molar-refractivity contribution in [1.29, 1.82) is 0 Å². The predicted octanol–water partition coefficient (Wildman–Crippen LogP) is 1.70. The second kappa shape index (κ2) is 7.33. The summed E-state index contributed by atoms with van der Waals surface area (Å²) >= 11 is 0. The van der Waals surface area contributed by atoms with Crippen molar-refractivity contribution in [3.05, 3.63) is 29.5 Å². The van der Waals surface area contributed by atoms with E-state index in [4.69, 9.17) is 4.74 Å². The molecule has 3 N–H and O–H groups in total. The molecule has 7 nitrogen and oxygen atoms in total. The van der Waals surface area contributed by atoms with Crippen molar-refractivity contribution >= 4 is 22.8 Å². The molecule has 3 unspecified atom stereocenters. The van der Waals surface area contributed by atoms with Crippen LogP contribution in [0.15, 0.2) is 18.2 Å². The van der Waals surface area contributed by atoms with Crippen LogP contribution in [0.1, 0.15) is 24.6 Å². The zero-order valence-electron chi connectivity index (χ0n) is 15.1. The van der Waals surface area contributed by atoms with E-state index in [0.717, 1.165) is 22.2 Å². The normalized spacial score (nSPS) is 23.5. The molecule has 0 radical (unpaired) electrons. The van der Waals surface area contributed by atoms with Crippen molar-refractivity contribution in [2.75, 3.05) is 19.0 Å². The molecule has 2 heterocycles. The van der Waals surface area contributed by atoms with Gasteiger partial charge in [-0.2, -0.15) is 0 Å². The number of methoxy groups -OCH3 is 1. The standard InChI is InChI=1S/C18H25N5O2/c1-10-6-5-7-13-11(2)19-17(21-15(10)13)23-18-20-12(3)14(8-9-25-4)16(24)22-18/h5-7,12,14,18,20H,8-9H2,1-4H3,(H,22,24)(H,19,21,23). The van der Waals surface area contributed by atoms with Gasteiger partial charge in [0.05, 0.1) is 17.1 Å². The summed E-state index contributed by atoms with van der Waals surface area (Å²) in [6.07, 6.45) is 0.288. The fourth-order valence-corrected chi connectivity index (χ4v) is 3.24. The summed E-state index contributed by atoms with van der Waals surface area (Å²) in [7, 11) is 1.64. The first-order valence-electron chi connectivity index (χ1n) is 8.55. The molecule has 1 aliphatic heterocycles. The van der Waals surface area contributed by atoms with Gasteiger partial charge in [-0.25, -0.2) is 9.97 Å². The van der Waals surface area contributed by atoms with Crippen molar-refractivity contribution in [3.8, 4) is 0 Å². The van der Waals surface area contributed by atoms with Crippen LogP contribution in [0.3, 0.4) is 0 Å². The minimum atomic E-state index is -0.401. The van der Waals surface area contributed by atoms with Crippen LogP contribution in [-0.4, -0.2) is 41.9 Å². The minimum Gasteiger partial charge on any atom is -0.385 e. The van der Waals surface area contributed by atoms with Crippen molar-refractivity contribution in [2.45, 2.75) is 39.5 Å². The molecule has 1 saturated heterocycles. The van der Waals surface area contributed by atoms with E-state index >= 15 is 0 Å². The van der Waals surface area contributed by atoms with E-state index in [1.807, 2.05) is 39.0 Å². The molecule has 1 amide bonds. The summed E-state index contributed by atoms with van der Waals surface area (Å²) in [6.45, 7) is 6.56. The van der Waals surface area contributed by atoms with Gasteiger partial charge in [-0.15, -0.1) is 0 Å². The highest BCUT2D eigenvalue weighted by atomic mass is 16.5. The molecule has 1 fully saturated rings. The Hall–Kier alpha value is -2.25. The van der Waals surface area contributed by atoms with Gasteiger partial charge < -0.3 is 15.4 Å². The molecule has 7 heteroatoms. The first-order valence-corrected chi connectivity index (χ1v) is 8.55. The molecule has 134 valence electrons. The predicted molar refractivity (Wildman–Crippen MR) is 97.1 cm³/mol. The minimum absolute atomic E-state index is 0.00879. The molecule has 1 aliphatic rings. The van der Waals surface area contributed by atoms with E-state index in [1.165, 1.54) is 0 Å². The SMILES string of the molecule is COCCC1C(=O)NC(Nc2nc(C)c3cccc(C)c3n2)NC1C. The maximum absolute atomic E-state index is 12.4. The van der Waals surface area contributed by atoms with Crippen LogP contribution in [0.5, 0.6) is 0 Å². The monoisotopic (exact) mass is 343 g/mol. The number of rotatable bonds is 5. The second-order valence-electron chi connectivity index (χ2n) is 6.53. The second-order valence-corrected chi connectivity index (χ2v) is 6.53. The largest absolute Gasteiger partial charge is 0.385 e. The Morgan fingerprint density at radius 2 is 2.08 bits per heavy atom. The molecule has 0 aliphatic carbocycles. The molecule has 3 rings (SSSR count). The Balaban J connectivity index is 1.76. The lowest BCUT2D eigenvalue weighted by Gasteiger charge is -2.35. The van der Waals surface area contributed by atoms with E-state index in [2.05, 4.69) is 25.9 Å². The molecule has 2 aromatic rings. The van der Waals surface area contributed by atoms with Crippen LogP contribution < -0.4 is 16.0 Å². The third-order valence-electron chi connectivity index (χ3n) is 4.68. The van der Waals surface area contributed by atoms with Crippen molar-refractivity contribution in [2.24, 2.45) is 5.92 Å². The number of nitrogens with one attached hydrogen (secondary N) is 3. The average molecular weight is 343 g/mol. The summed E-state index contributed by atoms with van der Waals surface area (Å²) in [6, 6.07) is 6.09. The number of hydrogen-bond donors (Lipinski definition) is 3. The lowest BCUT2D eigenvalue weighted by atomic mass is 9.95. The maximum Gasteiger partial charge on any atom is 0.227 e. The zero-order valence-corrected chi connectivity index (χ0v) is 15.1. The fraction of sp³-hybridized carbons (Fsp3) is 0.500. The number of hydrogen-bond acceptors (Lipinski definition) is 6. The summed E-state index contributed by atoms with van der Waals surface area (Å²) in [5.74, 6) is 0.397. The number of para-hydroxylation sites is 1. The molecule has 0 bridgehead atoms. The molecule has 3 atom stereocenters. The third kappa shape index (κ3) is 3.72. The number of fused-ring (bicyclic) bond motifs is 1. The number of aryl methyl sites for hydroxylation is 2. The van der Waals surface area contributed by atoms with E-state index in [1.54, 1.807) is 7.11 Å². The summed E-state index contributed by atoms with van der Waals surface area (Å²) in [5, 5.41) is 10.5. The summed E-state index contributed by atoms with van der Waals surface area (Å²) in [4.78, 5) is 21.5. The van der Waals surface area contributed by atoms with Crippen LogP contribution in [0.2, 0.25) is 0 Å². The van der Waals surface area contributed by atoms with Crippen LogP contribution in [-0.2, 0) is 9.53 Å². The van der Waals surface area contributed by atoms with E-state index in [0.29, 0.717) is 19.0 Å². The van der Waals surface area contributed by atoms with Gasteiger partial charge in [0.25, 0.3) is 0 Å². The smallest absolute Gasteiger partial charge is 0.227 e. The first-order chi connectivity index (χ1) is 12.0. The van der Waals surface area contributed by atoms with Crippen molar-refractivity contribution in [1.82, 2.24) is 20.6 Å². The van der Waals surface area contributed by atoms with Gasteiger partial charge in [0.2, 0.25) is 11.9 Å². The zero-order chi connectivity index (χ0) is 18.0. The molecule has 1 aromatic heterocycles. The van der Waals surface area contributed by atoms with Gasteiger partial charge >= 0.3 is 0 Å².